The van der Waals surface area contributed by atoms with E-state index in [1.807, 2.05) is 11.8 Å². The van der Waals surface area contributed by atoms with Gasteiger partial charge in [0.05, 0.1) is 5.69 Å². The van der Waals surface area contributed by atoms with Gasteiger partial charge in [-0.3, -0.25) is 4.79 Å². The van der Waals surface area contributed by atoms with Crippen LogP contribution in [0, 0.1) is 6.92 Å². The van der Waals surface area contributed by atoms with Crippen LogP contribution in [0.1, 0.15) is 34.6 Å². The second-order valence-electron chi connectivity index (χ2n) is 5.39. The summed E-state index contributed by atoms with van der Waals surface area (Å²) >= 11 is 1.36. The SMILES string of the molecule is Cc1nc(-c2ncccn2)sc1C(=O)N1CCCCC1CN. The number of likely N-dealkylation sites (tertiary alicyclic amines) is 1. The van der Waals surface area contributed by atoms with Crippen molar-refractivity contribution in [1.82, 2.24) is 19.9 Å². The van der Waals surface area contributed by atoms with Crippen LogP contribution in [0.15, 0.2) is 18.5 Å². The predicted molar refractivity (Wildman–Crippen MR) is 85.6 cm³/mol. The predicted octanol–water partition coefficient (Wildman–Crippen LogP) is 1.86. The van der Waals surface area contributed by atoms with Crippen LogP contribution in [0.5, 0.6) is 0 Å². The minimum Gasteiger partial charge on any atom is -0.334 e. The molecule has 1 amide bonds. The van der Waals surface area contributed by atoms with Gasteiger partial charge >= 0.3 is 0 Å². The summed E-state index contributed by atoms with van der Waals surface area (Å²) in [4.78, 5) is 28.3. The topological polar surface area (TPSA) is 85.0 Å². The molecule has 0 saturated carbocycles. The number of hydrogen-bond acceptors (Lipinski definition) is 6. The Balaban J connectivity index is 1.88. The van der Waals surface area contributed by atoms with Crippen molar-refractivity contribution in [3.8, 4) is 10.8 Å². The smallest absolute Gasteiger partial charge is 0.266 e. The second-order valence-corrected chi connectivity index (χ2v) is 6.39. The lowest BCUT2D eigenvalue weighted by Gasteiger charge is -2.34. The molecule has 1 saturated heterocycles. The third kappa shape index (κ3) is 2.86. The molecular weight excluding hydrogens is 298 g/mol. The van der Waals surface area contributed by atoms with Gasteiger partial charge in [-0.25, -0.2) is 15.0 Å². The van der Waals surface area contributed by atoms with Crippen molar-refractivity contribution < 1.29 is 4.79 Å². The number of hydrogen-bond donors (Lipinski definition) is 1. The van der Waals surface area contributed by atoms with Crippen molar-refractivity contribution in [2.24, 2.45) is 5.73 Å². The highest BCUT2D eigenvalue weighted by Gasteiger charge is 2.29. The van der Waals surface area contributed by atoms with Gasteiger partial charge in [-0.15, -0.1) is 11.3 Å². The summed E-state index contributed by atoms with van der Waals surface area (Å²) in [5.74, 6) is 0.594. The quantitative estimate of drug-likeness (QED) is 0.934. The Morgan fingerprint density at radius 3 is 2.91 bits per heavy atom. The molecule has 22 heavy (non-hydrogen) atoms. The summed E-state index contributed by atoms with van der Waals surface area (Å²) in [7, 11) is 0. The third-order valence-electron chi connectivity index (χ3n) is 3.91. The summed E-state index contributed by atoms with van der Waals surface area (Å²) in [6.45, 7) is 3.14. The Morgan fingerprint density at radius 2 is 2.18 bits per heavy atom. The molecule has 2 aromatic heterocycles. The molecule has 2 N–H and O–H groups in total. The first-order valence-electron chi connectivity index (χ1n) is 7.46. The van der Waals surface area contributed by atoms with E-state index in [0.29, 0.717) is 22.3 Å². The molecule has 3 rings (SSSR count). The first kappa shape index (κ1) is 15.1. The highest BCUT2D eigenvalue weighted by atomic mass is 32.1. The summed E-state index contributed by atoms with van der Waals surface area (Å²) in [6.07, 6.45) is 6.51. The number of nitrogens with zero attached hydrogens (tertiary/aromatic N) is 4. The van der Waals surface area contributed by atoms with E-state index in [1.54, 1.807) is 18.5 Å². The summed E-state index contributed by atoms with van der Waals surface area (Å²) in [5.41, 5.74) is 6.55. The molecule has 116 valence electrons. The number of aryl methyl sites for hydroxylation is 1. The number of carbonyl (C=O) groups is 1. The first-order valence-corrected chi connectivity index (χ1v) is 8.28. The number of nitrogens with two attached hydrogens (primary N) is 1. The van der Waals surface area contributed by atoms with Crippen molar-refractivity contribution in [3.63, 3.8) is 0 Å². The fourth-order valence-corrected chi connectivity index (χ4v) is 3.71. The Kier molecular flexibility index (Phi) is 4.44. The zero-order valence-electron chi connectivity index (χ0n) is 12.5. The van der Waals surface area contributed by atoms with E-state index in [0.717, 1.165) is 31.5 Å². The molecule has 0 radical (unpaired) electrons. The van der Waals surface area contributed by atoms with Gasteiger partial charge < -0.3 is 10.6 Å². The van der Waals surface area contributed by atoms with Crippen LogP contribution >= 0.6 is 11.3 Å². The van der Waals surface area contributed by atoms with E-state index < -0.39 is 0 Å². The van der Waals surface area contributed by atoms with Gasteiger partial charge in [0.1, 0.15) is 4.88 Å². The van der Waals surface area contributed by atoms with E-state index in [-0.39, 0.29) is 11.9 Å². The molecule has 1 aliphatic heterocycles. The lowest BCUT2D eigenvalue weighted by Crippen LogP contribution is -2.47. The van der Waals surface area contributed by atoms with Crippen molar-refractivity contribution in [1.29, 1.82) is 0 Å². The maximum Gasteiger partial charge on any atom is 0.266 e. The number of rotatable bonds is 3. The van der Waals surface area contributed by atoms with E-state index >= 15 is 0 Å². The van der Waals surface area contributed by atoms with Crippen molar-refractivity contribution in [2.45, 2.75) is 32.2 Å². The zero-order valence-corrected chi connectivity index (χ0v) is 13.3. The molecule has 3 heterocycles. The van der Waals surface area contributed by atoms with Crippen LogP contribution in [0.2, 0.25) is 0 Å². The van der Waals surface area contributed by atoms with E-state index in [1.165, 1.54) is 11.3 Å². The monoisotopic (exact) mass is 317 g/mol. The molecule has 1 aliphatic rings. The number of amides is 1. The minimum atomic E-state index is 0.0346. The van der Waals surface area contributed by atoms with Gasteiger partial charge in [0, 0.05) is 31.5 Å². The van der Waals surface area contributed by atoms with Crippen LogP contribution in [0.25, 0.3) is 10.8 Å². The van der Waals surface area contributed by atoms with Crippen molar-refractivity contribution in [3.05, 3.63) is 29.0 Å². The number of thiazole rings is 1. The maximum atomic E-state index is 12.8. The Hall–Kier alpha value is -1.86. The zero-order chi connectivity index (χ0) is 15.5. The molecule has 0 spiro atoms. The van der Waals surface area contributed by atoms with E-state index in [9.17, 15) is 4.79 Å². The lowest BCUT2D eigenvalue weighted by atomic mass is 10.0. The van der Waals surface area contributed by atoms with Crippen molar-refractivity contribution >= 4 is 17.2 Å². The highest BCUT2D eigenvalue weighted by molar-refractivity contribution is 7.17. The van der Waals surface area contributed by atoms with Gasteiger partial charge in [0.25, 0.3) is 5.91 Å². The number of aromatic nitrogens is 3. The first-order chi connectivity index (χ1) is 10.7. The second kappa shape index (κ2) is 6.50. The molecule has 1 fully saturated rings. The fourth-order valence-electron chi connectivity index (χ4n) is 2.74. The lowest BCUT2D eigenvalue weighted by molar-refractivity contribution is 0.0627. The van der Waals surface area contributed by atoms with E-state index in [2.05, 4.69) is 15.0 Å². The summed E-state index contributed by atoms with van der Waals surface area (Å²) < 4.78 is 0. The fraction of sp³-hybridized carbons (Fsp3) is 0.467. The summed E-state index contributed by atoms with van der Waals surface area (Å²) in [5, 5.41) is 0.683. The molecule has 1 atom stereocenters. The van der Waals surface area contributed by atoms with Gasteiger partial charge in [0.2, 0.25) is 0 Å². The number of carbonyl (C=O) groups excluding carboxylic acids is 1. The molecule has 7 heteroatoms. The average Bonchev–Trinajstić information content (AvgIpc) is 2.97. The molecule has 0 aliphatic carbocycles. The van der Waals surface area contributed by atoms with Crippen LogP contribution < -0.4 is 5.73 Å². The van der Waals surface area contributed by atoms with Gasteiger partial charge in [0.15, 0.2) is 10.8 Å². The number of piperidine rings is 1. The normalized spacial score (nSPS) is 18.5. The largest absolute Gasteiger partial charge is 0.334 e. The van der Waals surface area contributed by atoms with Crippen molar-refractivity contribution in [2.75, 3.05) is 13.1 Å². The van der Waals surface area contributed by atoms with Gasteiger partial charge in [-0.2, -0.15) is 0 Å². The standard InChI is InChI=1S/C15H19N5OS/c1-10-12(15(21)20-8-3-2-5-11(20)9-16)22-14(19-10)13-17-6-4-7-18-13/h4,6-7,11H,2-3,5,8-9,16H2,1H3. The van der Waals surface area contributed by atoms with Gasteiger partial charge in [-0.05, 0) is 32.3 Å². The Bertz CT molecular complexity index is 657. The molecule has 0 aromatic carbocycles. The third-order valence-corrected chi connectivity index (χ3v) is 5.05. The molecule has 6 nitrogen and oxygen atoms in total. The Labute approximate surface area is 133 Å². The Morgan fingerprint density at radius 1 is 1.41 bits per heavy atom. The van der Waals surface area contributed by atoms with Gasteiger partial charge in [-0.1, -0.05) is 0 Å². The average molecular weight is 317 g/mol. The van der Waals surface area contributed by atoms with Crippen LogP contribution in [0.4, 0.5) is 0 Å². The maximum absolute atomic E-state index is 12.8. The molecular formula is C15H19N5OS. The van der Waals surface area contributed by atoms with Crippen LogP contribution in [-0.4, -0.2) is 44.9 Å². The molecule has 0 bridgehead atoms. The summed E-state index contributed by atoms with van der Waals surface area (Å²) in [6, 6.07) is 1.90. The minimum absolute atomic E-state index is 0.0346. The van der Waals surface area contributed by atoms with Crippen LogP contribution in [0.3, 0.4) is 0 Å². The van der Waals surface area contributed by atoms with E-state index in [4.69, 9.17) is 5.73 Å². The molecule has 1 unspecified atom stereocenters. The van der Waals surface area contributed by atoms with Crippen LogP contribution in [-0.2, 0) is 0 Å². The molecule has 2 aromatic rings. The highest BCUT2D eigenvalue weighted by Crippen LogP contribution is 2.28.